The van der Waals surface area contributed by atoms with Gasteiger partial charge in [0, 0.05) is 6.04 Å². The van der Waals surface area contributed by atoms with E-state index >= 15 is 0 Å². The van der Waals surface area contributed by atoms with Crippen molar-refractivity contribution in [2.45, 2.75) is 45.6 Å². The molecule has 0 bridgehead atoms. The summed E-state index contributed by atoms with van der Waals surface area (Å²) in [6, 6.07) is 0.329. The quantitative estimate of drug-likeness (QED) is 0.575. The van der Waals surface area contributed by atoms with Gasteiger partial charge in [0.05, 0.1) is 0 Å². The molecule has 0 fully saturated rings. The molecule has 0 heterocycles. The maximum Gasteiger partial charge on any atom is 0.0226 e. The van der Waals surface area contributed by atoms with Crippen LogP contribution in [0.25, 0.3) is 0 Å². The Morgan fingerprint density at radius 2 is 2.18 bits per heavy atom. The lowest BCUT2D eigenvalue weighted by Crippen LogP contribution is -2.16. The Bertz CT molecular complexity index is 147. The van der Waals surface area contributed by atoms with Crippen LogP contribution in [0.3, 0.4) is 0 Å². The van der Waals surface area contributed by atoms with Crippen molar-refractivity contribution in [3.05, 3.63) is 11.6 Å². The van der Waals surface area contributed by atoms with E-state index in [2.05, 4.69) is 19.9 Å². The third-order valence-electron chi connectivity index (χ3n) is 2.42. The van der Waals surface area contributed by atoms with Gasteiger partial charge in [0.15, 0.2) is 0 Å². The zero-order valence-corrected chi connectivity index (χ0v) is 7.64. The highest BCUT2D eigenvalue weighted by molar-refractivity contribution is 5.10. The van der Waals surface area contributed by atoms with E-state index in [4.69, 9.17) is 5.73 Å². The molecular weight excluding hydrogens is 134 g/mol. The van der Waals surface area contributed by atoms with E-state index in [0.717, 1.165) is 0 Å². The Morgan fingerprint density at radius 3 is 2.82 bits per heavy atom. The van der Waals surface area contributed by atoms with E-state index in [1.54, 1.807) is 5.57 Å². The molecule has 11 heavy (non-hydrogen) atoms. The van der Waals surface area contributed by atoms with Crippen LogP contribution >= 0.6 is 0 Å². The van der Waals surface area contributed by atoms with Gasteiger partial charge in [-0.2, -0.15) is 0 Å². The predicted octanol–water partition coefficient (Wildman–Crippen LogP) is 2.47. The second kappa shape index (κ2) is 3.91. The minimum atomic E-state index is 0.329. The monoisotopic (exact) mass is 153 g/mol. The first kappa shape index (κ1) is 8.79. The van der Waals surface area contributed by atoms with Crippen molar-refractivity contribution in [2.75, 3.05) is 0 Å². The van der Waals surface area contributed by atoms with Gasteiger partial charge in [0.25, 0.3) is 0 Å². The molecule has 1 heteroatoms. The molecule has 2 N–H and O–H groups in total. The molecule has 1 nitrogen and oxygen atoms in total. The SMILES string of the molecule is CC(C)C1=CC(N)CCCC1. The molecule has 1 aliphatic carbocycles. The minimum absolute atomic E-state index is 0.329. The summed E-state index contributed by atoms with van der Waals surface area (Å²) in [6.45, 7) is 4.51. The van der Waals surface area contributed by atoms with Gasteiger partial charge in [0.2, 0.25) is 0 Å². The first-order valence-corrected chi connectivity index (χ1v) is 4.66. The summed E-state index contributed by atoms with van der Waals surface area (Å²) in [7, 11) is 0. The Labute approximate surface area is 69.7 Å². The summed E-state index contributed by atoms with van der Waals surface area (Å²) in [6.07, 6.45) is 7.35. The summed E-state index contributed by atoms with van der Waals surface area (Å²) in [5.74, 6) is 0.694. The van der Waals surface area contributed by atoms with Crippen molar-refractivity contribution in [2.24, 2.45) is 11.7 Å². The highest BCUT2D eigenvalue weighted by Gasteiger charge is 2.10. The number of nitrogens with two attached hydrogens (primary N) is 1. The van der Waals surface area contributed by atoms with Gasteiger partial charge in [-0.15, -0.1) is 0 Å². The van der Waals surface area contributed by atoms with E-state index < -0.39 is 0 Å². The zero-order valence-electron chi connectivity index (χ0n) is 7.64. The van der Waals surface area contributed by atoms with Crippen molar-refractivity contribution in [3.63, 3.8) is 0 Å². The number of hydrogen-bond acceptors (Lipinski definition) is 1. The molecule has 0 aromatic heterocycles. The van der Waals surface area contributed by atoms with Crippen LogP contribution in [0, 0.1) is 5.92 Å². The molecule has 0 aromatic carbocycles. The minimum Gasteiger partial charge on any atom is -0.324 e. The van der Waals surface area contributed by atoms with Gasteiger partial charge >= 0.3 is 0 Å². The first-order chi connectivity index (χ1) is 5.20. The lowest BCUT2D eigenvalue weighted by Gasteiger charge is -2.09. The third kappa shape index (κ3) is 2.66. The summed E-state index contributed by atoms with van der Waals surface area (Å²) < 4.78 is 0. The van der Waals surface area contributed by atoms with Gasteiger partial charge in [0.1, 0.15) is 0 Å². The molecule has 0 spiro atoms. The summed E-state index contributed by atoms with van der Waals surface area (Å²) >= 11 is 0. The Kier molecular flexibility index (Phi) is 3.13. The lowest BCUT2D eigenvalue weighted by atomic mass is 9.98. The molecule has 0 aromatic rings. The second-order valence-corrected chi connectivity index (χ2v) is 3.81. The van der Waals surface area contributed by atoms with Crippen LogP contribution in [0.5, 0.6) is 0 Å². The largest absolute Gasteiger partial charge is 0.324 e. The normalized spacial score (nSPS) is 26.5. The molecule has 0 saturated carbocycles. The first-order valence-electron chi connectivity index (χ1n) is 4.66. The maximum atomic E-state index is 5.89. The van der Waals surface area contributed by atoms with Gasteiger partial charge in [-0.05, 0) is 25.2 Å². The second-order valence-electron chi connectivity index (χ2n) is 3.81. The molecule has 0 saturated heterocycles. The van der Waals surface area contributed by atoms with E-state index in [9.17, 15) is 0 Å². The molecule has 0 amide bonds. The Balaban J connectivity index is 2.59. The average molecular weight is 153 g/mol. The van der Waals surface area contributed by atoms with Crippen LogP contribution in [0.15, 0.2) is 11.6 Å². The third-order valence-corrected chi connectivity index (χ3v) is 2.42. The van der Waals surface area contributed by atoms with E-state index in [1.807, 2.05) is 0 Å². The highest BCUT2D eigenvalue weighted by atomic mass is 14.6. The lowest BCUT2D eigenvalue weighted by molar-refractivity contribution is 0.643. The van der Waals surface area contributed by atoms with Crippen molar-refractivity contribution in [3.8, 4) is 0 Å². The van der Waals surface area contributed by atoms with Gasteiger partial charge in [-0.3, -0.25) is 0 Å². The number of rotatable bonds is 1. The van der Waals surface area contributed by atoms with Crippen molar-refractivity contribution < 1.29 is 0 Å². The standard InChI is InChI=1S/C10H19N/c1-8(2)9-5-3-4-6-10(11)7-9/h7-8,10H,3-6,11H2,1-2H3. The van der Waals surface area contributed by atoms with Crippen LogP contribution in [0.1, 0.15) is 39.5 Å². The number of hydrogen-bond donors (Lipinski definition) is 1. The van der Waals surface area contributed by atoms with Crippen molar-refractivity contribution in [1.82, 2.24) is 0 Å². The van der Waals surface area contributed by atoms with E-state index in [1.165, 1.54) is 25.7 Å². The molecule has 1 unspecified atom stereocenters. The zero-order chi connectivity index (χ0) is 8.27. The fraction of sp³-hybridized carbons (Fsp3) is 0.800. The number of allylic oxidation sites excluding steroid dienone is 1. The Morgan fingerprint density at radius 1 is 1.45 bits per heavy atom. The van der Waals surface area contributed by atoms with Crippen LogP contribution in [0.4, 0.5) is 0 Å². The molecule has 1 aliphatic rings. The average Bonchev–Trinajstić information content (AvgIpc) is 2.13. The fourth-order valence-electron chi connectivity index (χ4n) is 1.63. The van der Waals surface area contributed by atoms with E-state index in [0.29, 0.717) is 12.0 Å². The van der Waals surface area contributed by atoms with Gasteiger partial charge in [-0.25, -0.2) is 0 Å². The smallest absolute Gasteiger partial charge is 0.0226 e. The van der Waals surface area contributed by atoms with E-state index in [-0.39, 0.29) is 0 Å². The summed E-state index contributed by atoms with van der Waals surface area (Å²) in [4.78, 5) is 0. The van der Waals surface area contributed by atoms with Crippen LogP contribution in [-0.4, -0.2) is 6.04 Å². The van der Waals surface area contributed by atoms with Crippen LogP contribution < -0.4 is 5.73 Å². The molecule has 0 aliphatic heterocycles. The van der Waals surface area contributed by atoms with Crippen LogP contribution in [0.2, 0.25) is 0 Å². The molecular formula is C10H19N. The molecule has 0 radical (unpaired) electrons. The molecule has 1 atom stereocenters. The summed E-state index contributed by atoms with van der Waals surface area (Å²) in [5.41, 5.74) is 7.45. The van der Waals surface area contributed by atoms with Crippen molar-refractivity contribution in [1.29, 1.82) is 0 Å². The summed E-state index contributed by atoms with van der Waals surface area (Å²) in [5, 5.41) is 0. The predicted molar refractivity (Wildman–Crippen MR) is 49.4 cm³/mol. The molecule has 64 valence electrons. The topological polar surface area (TPSA) is 26.0 Å². The van der Waals surface area contributed by atoms with Gasteiger partial charge in [-0.1, -0.05) is 31.9 Å². The maximum absolute atomic E-state index is 5.89. The van der Waals surface area contributed by atoms with Gasteiger partial charge < -0.3 is 5.73 Å². The molecule has 1 rings (SSSR count). The van der Waals surface area contributed by atoms with Crippen LogP contribution in [-0.2, 0) is 0 Å². The highest BCUT2D eigenvalue weighted by Crippen LogP contribution is 2.22. The van der Waals surface area contributed by atoms with Crippen molar-refractivity contribution >= 4 is 0 Å². The fourth-order valence-corrected chi connectivity index (χ4v) is 1.63. The Hall–Kier alpha value is -0.300.